The van der Waals surface area contributed by atoms with Gasteiger partial charge < -0.3 is 14.9 Å². The smallest absolute Gasteiger partial charge is 0.431 e. The molecule has 1 aromatic carbocycles. The SMILES string of the molecule is CC(C)(C)OC(=O)NOCC(C(=O)O)c1cccc(O)c1. The van der Waals surface area contributed by atoms with E-state index in [1.165, 1.54) is 18.2 Å². The van der Waals surface area contributed by atoms with E-state index in [1.807, 2.05) is 5.48 Å². The molecule has 0 radical (unpaired) electrons. The van der Waals surface area contributed by atoms with Gasteiger partial charge in [-0.15, -0.1) is 0 Å². The molecule has 0 saturated heterocycles. The van der Waals surface area contributed by atoms with Crippen LogP contribution in [0.4, 0.5) is 4.79 Å². The van der Waals surface area contributed by atoms with Crippen molar-refractivity contribution in [3.63, 3.8) is 0 Å². The highest BCUT2D eigenvalue weighted by Gasteiger charge is 2.22. The molecule has 1 amide bonds. The van der Waals surface area contributed by atoms with Gasteiger partial charge in [-0.3, -0.25) is 9.63 Å². The van der Waals surface area contributed by atoms with Crippen molar-refractivity contribution in [1.82, 2.24) is 5.48 Å². The van der Waals surface area contributed by atoms with Crippen LogP contribution in [0.1, 0.15) is 32.3 Å². The van der Waals surface area contributed by atoms with Gasteiger partial charge in [0, 0.05) is 0 Å². The van der Waals surface area contributed by atoms with E-state index in [0.717, 1.165) is 0 Å². The predicted octanol–water partition coefficient (Wildman–Crippen LogP) is 2.02. The number of rotatable bonds is 5. The second kappa shape index (κ2) is 6.94. The highest BCUT2D eigenvalue weighted by molar-refractivity contribution is 5.76. The first kappa shape index (κ1) is 16.8. The number of hydrogen-bond donors (Lipinski definition) is 3. The molecule has 3 N–H and O–H groups in total. The van der Waals surface area contributed by atoms with E-state index in [1.54, 1.807) is 26.8 Å². The van der Waals surface area contributed by atoms with E-state index in [-0.39, 0.29) is 12.4 Å². The third-order valence-electron chi connectivity index (χ3n) is 2.38. The Morgan fingerprint density at radius 2 is 2.00 bits per heavy atom. The minimum atomic E-state index is -1.13. The summed E-state index contributed by atoms with van der Waals surface area (Å²) in [5.74, 6) is -2.20. The van der Waals surface area contributed by atoms with Gasteiger partial charge in [-0.05, 0) is 38.5 Å². The molecule has 0 fully saturated rings. The third-order valence-corrected chi connectivity index (χ3v) is 2.38. The Morgan fingerprint density at radius 3 is 2.52 bits per heavy atom. The molecule has 1 atom stereocenters. The zero-order valence-corrected chi connectivity index (χ0v) is 12.1. The number of carboxylic acid groups (broad SMARTS) is 1. The maximum atomic E-state index is 11.4. The second-order valence-electron chi connectivity index (χ2n) is 5.40. The Labute approximate surface area is 122 Å². The molecular weight excluding hydrogens is 278 g/mol. The quantitative estimate of drug-likeness (QED) is 0.718. The molecule has 7 nitrogen and oxygen atoms in total. The van der Waals surface area contributed by atoms with Crippen LogP contribution in [-0.4, -0.2) is 34.5 Å². The Morgan fingerprint density at radius 1 is 1.33 bits per heavy atom. The van der Waals surface area contributed by atoms with Crippen LogP contribution in [0.3, 0.4) is 0 Å². The van der Waals surface area contributed by atoms with Crippen molar-refractivity contribution >= 4 is 12.1 Å². The fourth-order valence-electron chi connectivity index (χ4n) is 1.53. The lowest BCUT2D eigenvalue weighted by Crippen LogP contribution is -2.34. The molecule has 1 unspecified atom stereocenters. The minimum absolute atomic E-state index is 0.0427. The third kappa shape index (κ3) is 6.13. The van der Waals surface area contributed by atoms with Crippen LogP contribution in [0.5, 0.6) is 5.75 Å². The molecule has 116 valence electrons. The van der Waals surface area contributed by atoms with Crippen molar-refractivity contribution in [3.05, 3.63) is 29.8 Å². The molecule has 21 heavy (non-hydrogen) atoms. The van der Waals surface area contributed by atoms with Crippen molar-refractivity contribution in [2.75, 3.05) is 6.61 Å². The number of carboxylic acids is 1. The number of hydrogen-bond acceptors (Lipinski definition) is 5. The number of phenols is 1. The Kier molecular flexibility index (Phi) is 5.54. The van der Waals surface area contributed by atoms with Crippen molar-refractivity contribution < 1.29 is 29.4 Å². The van der Waals surface area contributed by atoms with E-state index in [2.05, 4.69) is 0 Å². The van der Waals surface area contributed by atoms with Crippen LogP contribution in [-0.2, 0) is 14.4 Å². The number of aliphatic carboxylic acids is 1. The van der Waals surface area contributed by atoms with Crippen LogP contribution < -0.4 is 5.48 Å². The standard InChI is InChI=1S/C14H19NO6/c1-14(2,3)21-13(19)15-20-8-11(12(17)18)9-5-4-6-10(16)7-9/h4-7,11,16H,8H2,1-3H3,(H,15,19)(H,17,18). The maximum absolute atomic E-state index is 11.4. The summed E-state index contributed by atoms with van der Waals surface area (Å²) in [5.41, 5.74) is 1.72. The minimum Gasteiger partial charge on any atom is -0.508 e. The molecule has 1 aromatic rings. The molecule has 0 aliphatic rings. The molecule has 0 aliphatic heterocycles. The normalized spacial score (nSPS) is 12.5. The average Bonchev–Trinajstić information content (AvgIpc) is 2.31. The summed E-state index contributed by atoms with van der Waals surface area (Å²) in [6, 6.07) is 5.84. The summed E-state index contributed by atoms with van der Waals surface area (Å²) in [7, 11) is 0. The summed E-state index contributed by atoms with van der Waals surface area (Å²) < 4.78 is 4.94. The number of phenolic OH excluding ortho intramolecular Hbond substituents is 1. The lowest BCUT2D eigenvalue weighted by atomic mass is 10.0. The van der Waals surface area contributed by atoms with Gasteiger partial charge in [0.05, 0.1) is 6.61 Å². The molecule has 0 heterocycles. The van der Waals surface area contributed by atoms with E-state index in [0.29, 0.717) is 5.56 Å². The summed E-state index contributed by atoms with van der Waals surface area (Å²) in [6.07, 6.45) is -0.803. The first-order valence-electron chi connectivity index (χ1n) is 6.31. The van der Waals surface area contributed by atoms with Crippen molar-refractivity contribution in [2.45, 2.75) is 32.3 Å². The molecular formula is C14H19NO6. The Bertz CT molecular complexity index is 508. The largest absolute Gasteiger partial charge is 0.508 e. The van der Waals surface area contributed by atoms with Crippen molar-refractivity contribution in [3.8, 4) is 5.75 Å². The highest BCUT2D eigenvalue weighted by Crippen LogP contribution is 2.20. The molecule has 0 aromatic heterocycles. The van der Waals surface area contributed by atoms with Crippen molar-refractivity contribution in [2.24, 2.45) is 0 Å². The van der Waals surface area contributed by atoms with E-state index in [9.17, 15) is 14.7 Å². The number of ether oxygens (including phenoxy) is 1. The zero-order chi connectivity index (χ0) is 16.0. The molecule has 7 heteroatoms. The van der Waals surface area contributed by atoms with Gasteiger partial charge in [0.2, 0.25) is 0 Å². The van der Waals surface area contributed by atoms with E-state index < -0.39 is 23.6 Å². The second-order valence-corrected chi connectivity index (χ2v) is 5.40. The zero-order valence-electron chi connectivity index (χ0n) is 12.1. The lowest BCUT2D eigenvalue weighted by molar-refractivity contribution is -0.141. The molecule has 0 bridgehead atoms. The van der Waals surface area contributed by atoms with Crippen LogP contribution in [0.2, 0.25) is 0 Å². The lowest BCUT2D eigenvalue weighted by Gasteiger charge is -2.20. The number of hydroxylamine groups is 1. The van der Waals surface area contributed by atoms with Gasteiger partial charge in [-0.2, -0.15) is 5.48 Å². The fourth-order valence-corrected chi connectivity index (χ4v) is 1.53. The molecule has 0 aliphatic carbocycles. The van der Waals surface area contributed by atoms with Crippen molar-refractivity contribution in [1.29, 1.82) is 0 Å². The molecule has 1 rings (SSSR count). The van der Waals surface area contributed by atoms with Gasteiger partial charge in [-0.25, -0.2) is 4.79 Å². The number of aromatic hydroxyl groups is 1. The average molecular weight is 297 g/mol. The molecule has 0 spiro atoms. The van der Waals surface area contributed by atoms with Crippen LogP contribution in [0, 0.1) is 0 Å². The number of carbonyl (C=O) groups is 2. The van der Waals surface area contributed by atoms with Gasteiger partial charge in [-0.1, -0.05) is 12.1 Å². The van der Waals surface area contributed by atoms with Crippen LogP contribution in [0.25, 0.3) is 0 Å². The van der Waals surface area contributed by atoms with Crippen LogP contribution in [0.15, 0.2) is 24.3 Å². The monoisotopic (exact) mass is 297 g/mol. The number of carbonyl (C=O) groups excluding carboxylic acids is 1. The van der Waals surface area contributed by atoms with Gasteiger partial charge in [0.25, 0.3) is 0 Å². The first-order valence-corrected chi connectivity index (χ1v) is 6.31. The topological polar surface area (TPSA) is 105 Å². The molecule has 0 saturated carbocycles. The summed E-state index contributed by atoms with van der Waals surface area (Å²) >= 11 is 0. The van der Waals surface area contributed by atoms with Gasteiger partial charge in [0.15, 0.2) is 0 Å². The first-order chi connectivity index (χ1) is 9.69. The summed E-state index contributed by atoms with van der Waals surface area (Å²) in [4.78, 5) is 27.4. The number of amides is 1. The summed E-state index contributed by atoms with van der Waals surface area (Å²) in [6.45, 7) is 4.79. The number of nitrogens with one attached hydrogen (secondary N) is 1. The van der Waals surface area contributed by atoms with E-state index >= 15 is 0 Å². The predicted molar refractivity (Wildman–Crippen MR) is 73.8 cm³/mol. The van der Waals surface area contributed by atoms with Gasteiger partial charge >= 0.3 is 12.1 Å². The summed E-state index contributed by atoms with van der Waals surface area (Å²) in [5, 5.41) is 18.5. The fraction of sp³-hybridized carbons (Fsp3) is 0.429. The van der Waals surface area contributed by atoms with E-state index in [4.69, 9.17) is 14.7 Å². The highest BCUT2D eigenvalue weighted by atomic mass is 16.7. The Hall–Kier alpha value is -2.28. The Balaban J connectivity index is 2.57. The number of benzene rings is 1. The van der Waals surface area contributed by atoms with Crippen LogP contribution >= 0.6 is 0 Å². The van der Waals surface area contributed by atoms with Gasteiger partial charge in [0.1, 0.15) is 17.3 Å². The maximum Gasteiger partial charge on any atom is 0.431 e.